The standard InChI is InChI=1S/C16H16N2O3S3/c1-10-16(11(2)21-17-10)24(19,20)18-7-5-13-12(6-9-23-13)15(18)14-4-3-8-22-14/h3-4,6,8-9,15H,5,7H2,1-2H3/t15-/m0/s1. The average Bonchev–Trinajstić information content (AvgIpc) is 3.26. The lowest BCUT2D eigenvalue weighted by molar-refractivity contribution is 0.348. The minimum absolute atomic E-state index is 0.197. The first-order chi connectivity index (χ1) is 11.5. The summed E-state index contributed by atoms with van der Waals surface area (Å²) in [6, 6.07) is 5.72. The van der Waals surface area contributed by atoms with Crippen molar-refractivity contribution >= 4 is 32.7 Å². The van der Waals surface area contributed by atoms with E-state index in [1.54, 1.807) is 40.8 Å². The molecule has 0 N–H and O–H groups in total. The molecular formula is C16H16N2O3S3. The number of fused-ring (bicyclic) bond motifs is 1. The average molecular weight is 381 g/mol. The van der Waals surface area contributed by atoms with E-state index in [0.29, 0.717) is 18.0 Å². The molecular weight excluding hydrogens is 364 g/mol. The summed E-state index contributed by atoms with van der Waals surface area (Å²) in [5.41, 5.74) is 1.50. The summed E-state index contributed by atoms with van der Waals surface area (Å²) >= 11 is 3.28. The van der Waals surface area contributed by atoms with Gasteiger partial charge in [-0.1, -0.05) is 11.2 Å². The van der Waals surface area contributed by atoms with Gasteiger partial charge in [-0.15, -0.1) is 22.7 Å². The van der Waals surface area contributed by atoms with Crippen molar-refractivity contribution in [3.8, 4) is 0 Å². The molecule has 126 valence electrons. The molecule has 0 saturated carbocycles. The summed E-state index contributed by atoms with van der Waals surface area (Å²) < 4.78 is 33.4. The molecule has 0 spiro atoms. The van der Waals surface area contributed by atoms with Crippen LogP contribution in [0.25, 0.3) is 0 Å². The van der Waals surface area contributed by atoms with Crippen molar-refractivity contribution in [2.75, 3.05) is 6.54 Å². The predicted molar refractivity (Wildman–Crippen MR) is 94.1 cm³/mol. The van der Waals surface area contributed by atoms with E-state index in [1.165, 1.54) is 4.88 Å². The monoisotopic (exact) mass is 380 g/mol. The summed E-state index contributed by atoms with van der Waals surface area (Å²) in [7, 11) is -3.69. The van der Waals surface area contributed by atoms with Crippen LogP contribution >= 0.6 is 22.7 Å². The van der Waals surface area contributed by atoms with Gasteiger partial charge in [-0.25, -0.2) is 8.42 Å². The molecule has 0 amide bonds. The third-order valence-electron chi connectivity index (χ3n) is 4.27. The van der Waals surface area contributed by atoms with E-state index in [4.69, 9.17) is 4.52 Å². The maximum Gasteiger partial charge on any atom is 0.249 e. The topological polar surface area (TPSA) is 63.4 Å². The van der Waals surface area contributed by atoms with Gasteiger partial charge in [0.1, 0.15) is 10.6 Å². The highest BCUT2D eigenvalue weighted by Gasteiger charge is 2.40. The van der Waals surface area contributed by atoms with Crippen LogP contribution in [0.15, 0.2) is 38.4 Å². The molecule has 5 nitrogen and oxygen atoms in total. The number of hydrogen-bond donors (Lipinski definition) is 0. The van der Waals surface area contributed by atoms with E-state index >= 15 is 0 Å². The second-order valence-corrected chi connectivity index (χ2v) is 9.54. The van der Waals surface area contributed by atoms with Gasteiger partial charge in [0.25, 0.3) is 0 Å². The van der Waals surface area contributed by atoms with E-state index in [9.17, 15) is 8.42 Å². The Labute approximate surface area is 148 Å². The van der Waals surface area contributed by atoms with Crippen LogP contribution in [0.4, 0.5) is 0 Å². The van der Waals surface area contributed by atoms with Gasteiger partial charge in [0.2, 0.25) is 10.0 Å². The van der Waals surface area contributed by atoms with Gasteiger partial charge in [0.05, 0.1) is 6.04 Å². The molecule has 0 aliphatic carbocycles. The molecule has 8 heteroatoms. The quantitative estimate of drug-likeness (QED) is 0.694. The molecule has 0 fully saturated rings. The van der Waals surface area contributed by atoms with Gasteiger partial charge in [-0.2, -0.15) is 4.31 Å². The second kappa shape index (κ2) is 5.80. The van der Waals surface area contributed by atoms with Crippen molar-refractivity contribution in [2.45, 2.75) is 31.2 Å². The smallest absolute Gasteiger partial charge is 0.249 e. The molecule has 1 aliphatic heterocycles. The van der Waals surface area contributed by atoms with Gasteiger partial charge < -0.3 is 4.52 Å². The largest absolute Gasteiger partial charge is 0.360 e. The Hall–Kier alpha value is -1.48. The Morgan fingerprint density at radius 3 is 2.75 bits per heavy atom. The molecule has 0 unspecified atom stereocenters. The lowest BCUT2D eigenvalue weighted by Crippen LogP contribution is -2.40. The first-order valence-electron chi connectivity index (χ1n) is 7.54. The predicted octanol–water partition coefficient (Wildman–Crippen LogP) is 3.75. The van der Waals surface area contributed by atoms with Crippen LogP contribution in [0.2, 0.25) is 0 Å². The Bertz CT molecular complexity index is 951. The Balaban J connectivity index is 1.88. The van der Waals surface area contributed by atoms with Crippen molar-refractivity contribution < 1.29 is 12.9 Å². The summed E-state index contributed by atoms with van der Waals surface area (Å²) in [5.74, 6) is 0.341. The Morgan fingerprint density at radius 1 is 1.25 bits per heavy atom. The molecule has 4 heterocycles. The number of sulfonamides is 1. The molecule has 24 heavy (non-hydrogen) atoms. The number of hydrogen-bond acceptors (Lipinski definition) is 6. The first-order valence-corrected chi connectivity index (χ1v) is 10.7. The molecule has 0 saturated heterocycles. The highest BCUT2D eigenvalue weighted by atomic mass is 32.2. The van der Waals surface area contributed by atoms with Gasteiger partial charge in [0.15, 0.2) is 5.76 Å². The number of rotatable bonds is 3. The Morgan fingerprint density at radius 2 is 2.08 bits per heavy atom. The summed E-state index contributed by atoms with van der Waals surface area (Å²) in [6.07, 6.45) is 0.734. The molecule has 3 aromatic heterocycles. The zero-order valence-electron chi connectivity index (χ0n) is 13.2. The van der Waals surface area contributed by atoms with Gasteiger partial charge >= 0.3 is 0 Å². The third-order valence-corrected chi connectivity index (χ3v) is 8.30. The number of aryl methyl sites for hydroxylation is 2. The maximum absolute atomic E-state index is 13.4. The molecule has 1 atom stereocenters. The molecule has 0 bridgehead atoms. The van der Waals surface area contributed by atoms with E-state index in [2.05, 4.69) is 5.16 Å². The van der Waals surface area contributed by atoms with Crippen molar-refractivity contribution in [1.29, 1.82) is 0 Å². The fourth-order valence-corrected chi connectivity index (χ4v) is 6.96. The van der Waals surface area contributed by atoms with Crippen molar-refractivity contribution in [3.05, 3.63) is 55.7 Å². The number of aromatic nitrogens is 1. The van der Waals surface area contributed by atoms with Gasteiger partial charge in [-0.3, -0.25) is 0 Å². The number of thiophene rings is 2. The highest BCUT2D eigenvalue weighted by Crippen LogP contribution is 2.42. The van der Waals surface area contributed by atoms with Crippen LogP contribution in [0.3, 0.4) is 0 Å². The molecule has 3 aromatic rings. The van der Waals surface area contributed by atoms with Crippen LogP contribution in [-0.2, 0) is 16.4 Å². The lowest BCUT2D eigenvalue weighted by atomic mass is 10.0. The summed E-state index contributed by atoms with van der Waals surface area (Å²) in [5, 5.41) is 7.85. The summed E-state index contributed by atoms with van der Waals surface area (Å²) in [6.45, 7) is 3.78. The van der Waals surface area contributed by atoms with Crippen molar-refractivity contribution in [2.24, 2.45) is 0 Å². The maximum atomic E-state index is 13.4. The van der Waals surface area contributed by atoms with Crippen molar-refractivity contribution in [1.82, 2.24) is 9.46 Å². The van der Waals surface area contributed by atoms with Gasteiger partial charge in [0, 0.05) is 16.3 Å². The van der Waals surface area contributed by atoms with E-state index in [-0.39, 0.29) is 10.9 Å². The van der Waals surface area contributed by atoms with Crippen molar-refractivity contribution in [3.63, 3.8) is 0 Å². The molecule has 4 rings (SSSR count). The second-order valence-electron chi connectivity index (χ2n) is 5.74. The van der Waals surface area contributed by atoms with Crippen LogP contribution in [0.5, 0.6) is 0 Å². The number of nitrogens with zero attached hydrogens (tertiary/aromatic N) is 2. The Kier molecular flexibility index (Phi) is 3.87. The minimum atomic E-state index is -3.69. The zero-order valence-corrected chi connectivity index (χ0v) is 15.7. The van der Waals surface area contributed by atoms with Crippen LogP contribution < -0.4 is 0 Å². The van der Waals surface area contributed by atoms with Crippen LogP contribution in [0.1, 0.15) is 32.8 Å². The first kappa shape index (κ1) is 16.0. The zero-order chi connectivity index (χ0) is 16.9. The minimum Gasteiger partial charge on any atom is -0.360 e. The fraction of sp³-hybridized carbons (Fsp3) is 0.312. The van der Waals surface area contributed by atoms with Crippen LogP contribution in [0, 0.1) is 13.8 Å². The highest BCUT2D eigenvalue weighted by molar-refractivity contribution is 7.89. The normalized spacial score (nSPS) is 18.7. The third kappa shape index (κ3) is 2.36. The molecule has 0 aromatic carbocycles. The van der Waals surface area contributed by atoms with E-state index in [1.807, 2.05) is 29.0 Å². The lowest BCUT2D eigenvalue weighted by Gasteiger charge is -2.34. The SMILES string of the molecule is Cc1noc(C)c1S(=O)(=O)N1CCc2sccc2[C@H]1c1cccs1. The van der Waals surface area contributed by atoms with Crippen LogP contribution in [-0.4, -0.2) is 24.4 Å². The van der Waals surface area contributed by atoms with E-state index in [0.717, 1.165) is 16.9 Å². The molecule has 0 radical (unpaired) electrons. The molecule has 1 aliphatic rings. The fourth-order valence-electron chi connectivity index (χ4n) is 3.25. The summed E-state index contributed by atoms with van der Waals surface area (Å²) in [4.78, 5) is 2.49. The van der Waals surface area contributed by atoms with Gasteiger partial charge in [-0.05, 0) is 48.7 Å². The van der Waals surface area contributed by atoms with E-state index < -0.39 is 10.0 Å².